The van der Waals surface area contributed by atoms with Crippen LogP contribution in [-0.4, -0.2) is 21.1 Å². The van der Waals surface area contributed by atoms with E-state index in [0.717, 1.165) is 16.8 Å². The van der Waals surface area contributed by atoms with Crippen LogP contribution in [0.15, 0.2) is 47.6 Å². The Morgan fingerprint density at radius 3 is 2.61 bits per heavy atom. The monoisotopic (exact) mass is 415 g/mol. The quantitative estimate of drug-likeness (QED) is 0.361. The minimum atomic E-state index is -0.320. The predicted molar refractivity (Wildman–Crippen MR) is 116 cm³/mol. The van der Waals surface area contributed by atoms with Crippen molar-refractivity contribution in [1.82, 2.24) is 15.2 Å². The maximum atomic E-state index is 13.1. The first kappa shape index (κ1) is 20.0. The number of rotatable bonds is 4. The zero-order chi connectivity index (χ0) is 20.3. The van der Waals surface area contributed by atoms with Crippen molar-refractivity contribution in [3.05, 3.63) is 75.8 Å². The van der Waals surface area contributed by atoms with E-state index < -0.39 is 0 Å². The third kappa shape index (κ3) is 4.55. The summed E-state index contributed by atoms with van der Waals surface area (Å²) in [5.74, 6) is -0.320. The molecule has 2 N–H and O–H groups in total. The molecule has 0 aliphatic rings. The van der Waals surface area contributed by atoms with E-state index in [-0.39, 0.29) is 5.82 Å². The van der Waals surface area contributed by atoms with Crippen molar-refractivity contribution in [3.8, 4) is 5.69 Å². The molecule has 1 heterocycles. The van der Waals surface area contributed by atoms with E-state index in [1.165, 1.54) is 16.8 Å². The van der Waals surface area contributed by atoms with Gasteiger partial charge in [-0.2, -0.15) is 10.2 Å². The van der Waals surface area contributed by atoms with Crippen LogP contribution in [0.5, 0.6) is 0 Å². The third-order valence-electron chi connectivity index (χ3n) is 4.12. The first-order valence-electron chi connectivity index (χ1n) is 8.53. The van der Waals surface area contributed by atoms with Crippen LogP contribution < -0.4 is 10.7 Å². The van der Waals surface area contributed by atoms with E-state index >= 15 is 0 Å². The highest BCUT2D eigenvalue weighted by Gasteiger charge is 2.13. The molecule has 0 aliphatic heterocycles. The first-order valence-corrected chi connectivity index (χ1v) is 9.32. The average Bonchev–Trinajstić information content (AvgIpc) is 2.93. The lowest BCUT2D eigenvalue weighted by atomic mass is 10.1. The number of anilines is 1. The molecule has 0 atom stereocenters. The molecule has 0 aliphatic carbocycles. The normalized spacial score (nSPS) is 11.0. The van der Waals surface area contributed by atoms with Crippen molar-refractivity contribution >= 4 is 40.8 Å². The van der Waals surface area contributed by atoms with Crippen molar-refractivity contribution in [2.45, 2.75) is 20.8 Å². The fourth-order valence-corrected chi connectivity index (χ4v) is 3.07. The highest BCUT2D eigenvalue weighted by Crippen LogP contribution is 2.22. The van der Waals surface area contributed by atoms with Gasteiger partial charge in [-0.05, 0) is 74.4 Å². The molecule has 0 spiro atoms. The molecule has 144 valence electrons. The van der Waals surface area contributed by atoms with Gasteiger partial charge in [-0.25, -0.2) is 9.07 Å². The van der Waals surface area contributed by atoms with Crippen LogP contribution in [0.3, 0.4) is 0 Å². The molecular weight excluding hydrogens is 397 g/mol. The minimum Gasteiger partial charge on any atom is -0.331 e. The lowest BCUT2D eigenvalue weighted by Crippen LogP contribution is -2.24. The smallest absolute Gasteiger partial charge is 0.191 e. The van der Waals surface area contributed by atoms with Gasteiger partial charge in [-0.15, -0.1) is 0 Å². The number of aromatic nitrogens is 2. The van der Waals surface area contributed by atoms with Crippen LogP contribution in [-0.2, 0) is 0 Å². The lowest BCUT2D eigenvalue weighted by Gasteiger charge is -2.10. The number of benzene rings is 2. The van der Waals surface area contributed by atoms with Gasteiger partial charge in [-0.3, -0.25) is 5.43 Å². The lowest BCUT2D eigenvalue weighted by molar-refractivity contribution is 0.627. The maximum Gasteiger partial charge on any atom is 0.191 e. The topological polar surface area (TPSA) is 54.2 Å². The van der Waals surface area contributed by atoms with Crippen molar-refractivity contribution in [3.63, 3.8) is 0 Å². The fraction of sp³-hybridized carbons (Fsp3) is 0.150. The van der Waals surface area contributed by atoms with Crippen molar-refractivity contribution in [2.75, 3.05) is 5.32 Å². The average molecular weight is 416 g/mol. The van der Waals surface area contributed by atoms with Gasteiger partial charge in [-0.1, -0.05) is 23.7 Å². The predicted octanol–water partition coefficient (Wildman–Crippen LogP) is 4.91. The van der Waals surface area contributed by atoms with Gasteiger partial charge in [0.25, 0.3) is 0 Å². The van der Waals surface area contributed by atoms with Crippen LogP contribution in [0.4, 0.5) is 10.1 Å². The number of hydrogen-bond acceptors (Lipinski definition) is 3. The van der Waals surface area contributed by atoms with Gasteiger partial charge in [0.2, 0.25) is 0 Å². The fourth-order valence-electron chi connectivity index (χ4n) is 2.59. The van der Waals surface area contributed by atoms with Crippen molar-refractivity contribution < 1.29 is 4.39 Å². The Balaban J connectivity index is 1.71. The number of hydrogen-bond donors (Lipinski definition) is 2. The van der Waals surface area contributed by atoms with E-state index in [0.29, 0.717) is 27.2 Å². The van der Waals surface area contributed by atoms with Gasteiger partial charge in [0.1, 0.15) is 11.0 Å². The third-order valence-corrected chi connectivity index (χ3v) is 4.68. The Hall–Kier alpha value is -2.77. The highest BCUT2D eigenvalue weighted by molar-refractivity contribution is 7.80. The van der Waals surface area contributed by atoms with E-state index in [1.807, 2.05) is 39.0 Å². The molecule has 1 aromatic heterocycles. The summed E-state index contributed by atoms with van der Waals surface area (Å²) in [4.78, 5) is 0. The van der Waals surface area contributed by atoms with Crippen LogP contribution in [0.2, 0.25) is 5.15 Å². The molecule has 0 radical (unpaired) electrons. The van der Waals surface area contributed by atoms with Gasteiger partial charge in [0.05, 0.1) is 23.2 Å². The standard InChI is InChI=1S/C20H19ClFN5S/c1-12-4-5-13(2)18(10-12)24-20(28)25-23-11-17-14(3)26-27(19(17)21)16-8-6-15(22)7-9-16/h4-11H,1-3H3,(H2,24,25,28). The summed E-state index contributed by atoms with van der Waals surface area (Å²) < 4.78 is 14.7. The molecule has 0 saturated heterocycles. The number of hydrazone groups is 1. The van der Waals surface area contributed by atoms with E-state index in [2.05, 4.69) is 20.9 Å². The Morgan fingerprint density at radius 1 is 1.18 bits per heavy atom. The number of nitrogens with zero attached hydrogens (tertiary/aromatic N) is 3. The van der Waals surface area contributed by atoms with E-state index in [1.54, 1.807) is 18.3 Å². The molecule has 8 heteroatoms. The molecular formula is C20H19ClFN5S. The summed E-state index contributed by atoms with van der Waals surface area (Å²) in [6.45, 7) is 5.84. The minimum absolute atomic E-state index is 0.320. The number of halogens is 2. The Bertz CT molecular complexity index is 1040. The van der Waals surface area contributed by atoms with Crippen LogP contribution in [0.1, 0.15) is 22.4 Å². The summed E-state index contributed by atoms with van der Waals surface area (Å²) >= 11 is 11.7. The molecule has 0 amide bonds. The molecule has 0 fully saturated rings. The van der Waals surface area contributed by atoms with E-state index in [9.17, 15) is 4.39 Å². The Kier molecular flexibility index (Phi) is 6.06. The molecule has 3 aromatic rings. The van der Waals surface area contributed by atoms with Gasteiger partial charge in [0, 0.05) is 5.69 Å². The number of nitrogens with one attached hydrogen (secondary N) is 2. The summed E-state index contributed by atoms with van der Waals surface area (Å²) in [6.07, 6.45) is 1.56. The summed E-state index contributed by atoms with van der Waals surface area (Å²) in [5.41, 5.74) is 7.92. The molecule has 0 bridgehead atoms. The van der Waals surface area contributed by atoms with Gasteiger partial charge < -0.3 is 5.32 Å². The second-order valence-electron chi connectivity index (χ2n) is 6.32. The molecule has 0 saturated carbocycles. The molecule has 0 unspecified atom stereocenters. The zero-order valence-electron chi connectivity index (χ0n) is 15.6. The second-order valence-corrected chi connectivity index (χ2v) is 7.09. The highest BCUT2D eigenvalue weighted by atomic mass is 35.5. The Labute approximate surface area is 173 Å². The van der Waals surface area contributed by atoms with E-state index in [4.69, 9.17) is 23.8 Å². The summed E-state index contributed by atoms with van der Waals surface area (Å²) in [5, 5.41) is 12.4. The summed E-state index contributed by atoms with van der Waals surface area (Å²) in [6, 6.07) is 12.0. The largest absolute Gasteiger partial charge is 0.331 e. The SMILES string of the molecule is Cc1ccc(C)c(NC(=S)NN=Cc2c(C)nn(-c3ccc(F)cc3)c2Cl)c1. The molecule has 5 nitrogen and oxygen atoms in total. The van der Waals surface area contributed by atoms with Crippen LogP contribution >= 0.6 is 23.8 Å². The molecule has 28 heavy (non-hydrogen) atoms. The van der Waals surface area contributed by atoms with Crippen molar-refractivity contribution in [2.24, 2.45) is 5.10 Å². The van der Waals surface area contributed by atoms with Gasteiger partial charge in [0.15, 0.2) is 5.11 Å². The summed E-state index contributed by atoms with van der Waals surface area (Å²) in [7, 11) is 0. The second kappa shape index (κ2) is 8.50. The molecule has 3 rings (SSSR count). The number of thiocarbonyl (C=S) groups is 1. The van der Waals surface area contributed by atoms with Crippen LogP contribution in [0, 0.1) is 26.6 Å². The zero-order valence-corrected chi connectivity index (χ0v) is 17.2. The number of aryl methyl sites for hydroxylation is 3. The molecule has 2 aromatic carbocycles. The first-order chi connectivity index (χ1) is 13.3. The Morgan fingerprint density at radius 2 is 1.89 bits per heavy atom. The van der Waals surface area contributed by atoms with Gasteiger partial charge >= 0.3 is 0 Å². The van der Waals surface area contributed by atoms with Crippen LogP contribution in [0.25, 0.3) is 5.69 Å². The maximum absolute atomic E-state index is 13.1. The van der Waals surface area contributed by atoms with Crippen molar-refractivity contribution in [1.29, 1.82) is 0 Å².